The highest BCUT2D eigenvalue weighted by Gasteiger charge is 2.52. The third-order valence-corrected chi connectivity index (χ3v) is 7.15. The van der Waals surface area contributed by atoms with Crippen molar-refractivity contribution in [3.05, 3.63) is 22.2 Å². The predicted molar refractivity (Wildman–Crippen MR) is 107 cm³/mol. The molecule has 1 aliphatic carbocycles. The third-order valence-electron chi connectivity index (χ3n) is 6.70. The summed E-state index contributed by atoms with van der Waals surface area (Å²) in [6.45, 7) is 9.92. The van der Waals surface area contributed by atoms with Crippen LogP contribution in [0.5, 0.6) is 5.75 Å². The molecule has 0 bridgehead atoms. The second-order valence-corrected chi connectivity index (χ2v) is 9.36. The van der Waals surface area contributed by atoms with Crippen LogP contribution in [0.3, 0.4) is 0 Å². The number of carbonyl (C=O) groups is 1. The number of benzene rings is 1. The molecular weight excluding hydrogens is 380 g/mol. The Balaban J connectivity index is 1.72. The van der Waals surface area contributed by atoms with Gasteiger partial charge in [-0.2, -0.15) is 0 Å². The molecule has 0 spiro atoms. The Morgan fingerprint density at radius 3 is 2.43 bits per heavy atom. The van der Waals surface area contributed by atoms with E-state index >= 15 is 0 Å². The summed E-state index contributed by atoms with van der Waals surface area (Å²) in [6, 6.07) is 1.55. The Labute approximate surface area is 171 Å². The maximum atomic E-state index is 13.2. The minimum Gasteiger partial charge on any atom is -0.471 e. The summed E-state index contributed by atoms with van der Waals surface area (Å²) in [5.74, 6) is 0.222. The van der Waals surface area contributed by atoms with Gasteiger partial charge in [0.15, 0.2) is 12.5 Å². The van der Waals surface area contributed by atoms with Crippen LogP contribution in [0, 0.1) is 6.92 Å². The molecule has 1 saturated carbocycles. The first kappa shape index (κ1) is 20.0. The number of aliphatic hydroxyl groups excluding tert-OH is 1. The summed E-state index contributed by atoms with van der Waals surface area (Å²) >= 11 is 6.58. The van der Waals surface area contributed by atoms with E-state index in [4.69, 9.17) is 25.6 Å². The summed E-state index contributed by atoms with van der Waals surface area (Å²) in [7, 11) is -0.618. The van der Waals surface area contributed by atoms with Crippen molar-refractivity contribution in [2.24, 2.45) is 0 Å². The van der Waals surface area contributed by atoms with Gasteiger partial charge in [-0.05, 0) is 71.0 Å². The zero-order valence-electron chi connectivity index (χ0n) is 17.0. The quantitative estimate of drug-likeness (QED) is 0.763. The molecule has 2 heterocycles. The Morgan fingerprint density at radius 1 is 1.21 bits per heavy atom. The van der Waals surface area contributed by atoms with Gasteiger partial charge in [0, 0.05) is 0 Å². The summed E-state index contributed by atoms with van der Waals surface area (Å²) in [5, 5.41) is 10.6. The maximum Gasteiger partial charge on any atom is 0.495 e. The summed E-state index contributed by atoms with van der Waals surface area (Å²) in [4.78, 5) is 14.8. The molecule has 2 atom stereocenters. The van der Waals surface area contributed by atoms with Crippen LogP contribution in [-0.4, -0.2) is 53.1 Å². The highest BCUT2D eigenvalue weighted by molar-refractivity contribution is 6.63. The topological polar surface area (TPSA) is 68.2 Å². The molecule has 3 aliphatic rings. The van der Waals surface area contributed by atoms with Gasteiger partial charge in [-0.15, -0.1) is 0 Å². The van der Waals surface area contributed by atoms with Gasteiger partial charge in [0.1, 0.15) is 0 Å². The van der Waals surface area contributed by atoms with Crippen LogP contribution in [-0.2, 0) is 9.31 Å². The summed E-state index contributed by atoms with van der Waals surface area (Å²) in [5.41, 5.74) is 0.917. The van der Waals surface area contributed by atoms with E-state index in [0.29, 0.717) is 22.8 Å². The van der Waals surface area contributed by atoms with Crippen LogP contribution in [0.1, 0.15) is 62.9 Å². The van der Waals surface area contributed by atoms with Gasteiger partial charge in [-0.3, -0.25) is 9.69 Å². The number of carbonyl (C=O) groups excluding carboxylic acids is 1. The molecule has 6 nitrogen and oxygen atoms in total. The van der Waals surface area contributed by atoms with E-state index < -0.39 is 24.4 Å². The number of aliphatic hydroxyl groups is 1. The van der Waals surface area contributed by atoms with Crippen LogP contribution in [0.4, 0.5) is 0 Å². The van der Waals surface area contributed by atoms with Crippen molar-refractivity contribution in [3.63, 3.8) is 0 Å². The number of ether oxygens (including phenoxy) is 1. The number of rotatable bonds is 2. The monoisotopic (exact) mass is 407 g/mol. The third kappa shape index (κ3) is 2.95. The zero-order valence-corrected chi connectivity index (χ0v) is 17.8. The number of hydrogen-bond donors (Lipinski definition) is 1. The molecular formula is C20H27BClNO5. The van der Waals surface area contributed by atoms with Crippen LogP contribution in [0.25, 0.3) is 0 Å². The first-order chi connectivity index (χ1) is 13.0. The summed E-state index contributed by atoms with van der Waals surface area (Å²) in [6.07, 6.45) is 1.86. The lowest BCUT2D eigenvalue weighted by atomic mass is 9.75. The smallest absolute Gasteiger partial charge is 0.471 e. The number of halogens is 1. The molecule has 4 rings (SSSR count). The van der Waals surface area contributed by atoms with Crippen molar-refractivity contribution >= 4 is 30.1 Å². The zero-order chi connectivity index (χ0) is 20.4. The molecule has 28 heavy (non-hydrogen) atoms. The highest BCUT2D eigenvalue weighted by atomic mass is 35.5. The Hall–Kier alpha value is -1.28. The van der Waals surface area contributed by atoms with Gasteiger partial charge >= 0.3 is 7.12 Å². The molecule has 1 aromatic carbocycles. The van der Waals surface area contributed by atoms with E-state index in [9.17, 15) is 9.90 Å². The molecule has 1 aromatic rings. The van der Waals surface area contributed by atoms with Crippen LogP contribution >= 0.6 is 11.6 Å². The van der Waals surface area contributed by atoms with E-state index in [1.54, 1.807) is 11.0 Å². The predicted octanol–water partition coefficient (Wildman–Crippen LogP) is 2.65. The number of amides is 1. The molecule has 1 amide bonds. The minimum absolute atomic E-state index is 0.0998. The van der Waals surface area contributed by atoms with Crippen LogP contribution in [0.2, 0.25) is 5.02 Å². The van der Waals surface area contributed by atoms with E-state index in [1.165, 1.54) is 0 Å². The molecule has 2 aliphatic heterocycles. The second kappa shape index (κ2) is 6.62. The van der Waals surface area contributed by atoms with E-state index in [0.717, 1.165) is 23.9 Å². The van der Waals surface area contributed by atoms with Crippen molar-refractivity contribution in [1.29, 1.82) is 0 Å². The van der Waals surface area contributed by atoms with Crippen molar-refractivity contribution in [3.8, 4) is 5.75 Å². The van der Waals surface area contributed by atoms with E-state index in [2.05, 4.69) is 0 Å². The number of fused-ring (bicyclic) bond motifs is 1. The normalized spacial score (nSPS) is 28.5. The van der Waals surface area contributed by atoms with Crippen LogP contribution in [0.15, 0.2) is 6.07 Å². The van der Waals surface area contributed by atoms with Gasteiger partial charge in [0.05, 0.1) is 33.9 Å². The van der Waals surface area contributed by atoms with Crippen molar-refractivity contribution in [2.45, 2.75) is 77.2 Å². The van der Waals surface area contributed by atoms with Crippen molar-refractivity contribution in [1.82, 2.24) is 4.90 Å². The van der Waals surface area contributed by atoms with Gasteiger partial charge in [-0.25, -0.2) is 0 Å². The average Bonchev–Trinajstić information content (AvgIpc) is 3.11. The van der Waals surface area contributed by atoms with Gasteiger partial charge < -0.3 is 19.2 Å². The van der Waals surface area contributed by atoms with E-state index in [-0.39, 0.29) is 18.7 Å². The molecule has 2 fully saturated rings. The average molecular weight is 408 g/mol. The Morgan fingerprint density at radius 2 is 1.86 bits per heavy atom. The lowest BCUT2D eigenvalue weighted by Gasteiger charge is -2.35. The molecule has 0 aromatic heterocycles. The minimum atomic E-state index is -0.618. The summed E-state index contributed by atoms with van der Waals surface area (Å²) < 4.78 is 18.2. The maximum absolute atomic E-state index is 13.2. The molecule has 0 radical (unpaired) electrons. The van der Waals surface area contributed by atoms with Crippen molar-refractivity contribution in [2.75, 3.05) is 6.73 Å². The lowest BCUT2D eigenvalue weighted by Crippen LogP contribution is -2.49. The Kier molecular flexibility index (Phi) is 4.74. The fourth-order valence-corrected chi connectivity index (χ4v) is 4.40. The number of nitrogens with zero attached hydrogens (tertiary/aromatic N) is 1. The lowest BCUT2D eigenvalue weighted by molar-refractivity contribution is 0.00578. The molecule has 1 N–H and O–H groups in total. The Bertz CT molecular complexity index is 811. The van der Waals surface area contributed by atoms with Gasteiger partial charge in [0.2, 0.25) is 0 Å². The highest BCUT2D eigenvalue weighted by Crippen LogP contribution is 2.40. The second-order valence-electron chi connectivity index (χ2n) is 8.98. The first-order valence-corrected chi connectivity index (χ1v) is 10.2. The van der Waals surface area contributed by atoms with E-state index in [1.807, 2.05) is 34.6 Å². The number of hydrogen-bond acceptors (Lipinski definition) is 5. The van der Waals surface area contributed by atoms with Gasteiger partial charge in [-0.1, -0.05) is 11.6 Å². The molecule has 0 unspecified atom stereocenters. The molecule has 152 valence electrons. The fourth-order valence-electron chi connectivity index (χ4n) is 4.14. The van der Waals surface area contributed by atoms with Gasteiger partial charge in [0.25, 0.3) is 5.91 Å². The largest absolute Gasteiger partial charge is 0.495 e. The molecule has 1 saturated heterocycles. The standard InChI is InChI=1S/C20H27BClNO5/c1-11-13(21-27-19(2,3)20(4,5)28-21)9-12-17(16(11)22)26-10-23(18(12)25)14-7-6-8-15(14)24/h9,14-15,24H,6-8,10H2,1-5H3/t14-,15-/m0/s1. The first-order valence-electron chi connectivity index (χ1n) is 9.84. The SMILES string of the molecule is Cc1c(B2OC(C)(C)C(C)(C)O2)cc2c(c1Cl)OCN([C@H]1CCC[C@@H]1O)C2=O. The molecule has 8 heteroatoms. The fraction of sp³-hybridized carbons (Fsp3) is 0.650. The van der Waals surface area contributed by atoms with Crippen LogP contribution < -0.4 is 10.2 Å². The van der Waals surface area contributed by atoms with Crippen molar-refractivity contribution < 1.29 is 23.9 Å².